The lowest BCUT2D eigenvalue weighted by Gasteiger charge is -2.22. The zero-order valence-electron chi connectivity index (χ0n) is 12.2. The van der Waals surface area contributed by atoms with E-state index < -0.39 is 0 Å². The Bertz CT molecular complexity index is 638. The van der Waals surface area contributed by atoms with E-state index in [-0.39, 0.29) is 6.10 Å². The van der Waals surface area contributed by atoms with Crippen molar-refractivity contribution in [1.82, 2.24) is 9.38 Å². The summed E-state index contributed by atoms with van der Waals surface area (Å²) >= 11 is 1.83. The van der Waals surface area contributed by atoms with Crippen molar-refractivity contribution in [2.45, 2.75) is 58.0 Å². The first kappa shape index (κ1) is 12.8. The fourth-order valence-corrected chi connectivity index (χ4v) is 5.04. The molecule has 0 radical (unpaired) electrons. The fourth-order valence-electron chi connectivity index (χ4n) is 3.73. The van der Waals surface area contributed by atoms with Crippen LogP contribution in [0.15, 0.2) is 12.5 Å². The molecule has 2 aliphatic rings. The molecule has 0 amide bonds. The SMILES string of the molecule is CC1(C)CC[C@H]([C@@H](O)c2c(C3CC3)sc3cncn23)C1. The van der Waals surface area contributed by atoms with E-state index in [2.05, 4.69) is 23.2 Å². The van der Waals surface area contributed by atoms with Crippen LogP contribution in [0.25, 0.3) is 4.83 Å². The lowest BCUT2D eigenvalue weighted by atomic mass is 9.88. The zero-order valence-corrected chi connectivity index (χ0v) is 13.0. The maximum Gasteiger partial charge on any atom is 0.120 e. The highest BCUT2D eigenvalue weighted by Crippen LogP contribution is 2.51. The average Bonchev–Trinajstić information content (AvgIpc) is 2.86. The molecule has 2 saturated carbocycles. The number of aromatic nitrogens is 2. The van der Waals surface area contributed by atoms with Gasteiger partial charge in [-0.2, -0.15) is 0 Å². The van der Waals surface area contributed by atoms with Crippen molar-refractivity contribution in [3.05, 3.63) is 23.1 Å². The molecule has 0 saturated heterocycles. The lowest BCUT2D eigenvalue weighted by Crippen LogP contribution is -2.15. The number of thiazole rings is 1. The van der Waals surface area contributed by atoms with Crippen molar-refractivity contribution in [2.24, 2.45) is 11.3 Å². The van der Waals surface area contributed by atoms with Crippen molar-refractivity contribution >= 4 is 16.2 Å². The van der Waals surface area contributed by atoms with Gasteiger partial charge in [-0.25, -0.2) is 4.98 Å². The van der Waals surface area contributed by atoms with Crippen LogP contribution in [-0.4, -0.2) is 14.5 Å². The summed E-state index contributed by atoms with van der Waals surface area (Å²) in [6, 6.07) is 0. The number of aliphatic hydroxyl groups is 1. The van der Waals surface area contributed by atoms with Gasteiger partial charge in [0.25, 0.3) is 0 Å². The molecule has 2 aromatic heterocycles. The Hall–Kier alpha value is -0.870. The molecule has 2 heterocycles. The van der Waals surface area contributed by atoms with Gasteiger partial charge in [-0.05, 0) is 49.4 Å². The Balaban J connectivity index is 1.73. The maximum absolute atomic E-state index is 11.0. The summed E-state index contributed by atoms with van der Waals surface area (Å²) in [7, 11) is 0. The number of rotatable bonds is 3. The molecular weight excluding hydrogens is 268 g/mol. The van der Waals surface area contributed by atoms with Crippen molar-refractivity contribution < 1.29 is 5.11 Å². The smallest absolute Gasteiger partial charge is 0.120 e. The van der Waals surface area contributed by atoms with E-state index in [0.29, 0.717) is 17.3 Å². The molecule has 0 aromatic carbocycles. The minimum atomic E-state index is -0.324. The first-order valence-corrected chi connectivity index (χ1v) is 8.49. The van der Waals surface area contributed by atoms with E-state index in [1.165, 1.54) is 29.0 Å². The summed E-state index contributed by atoms with van der Waals surface area (Å²) in [5.74, 6) is 1.10. The second-order valence-electron chi connectivity index (χ2n) is 7.34. The molecule has 1 N–H and O–H groups in total. The highest BCUT2D eigenvalue weighted by atomic mass is 32.1. The molecular formula is C16H22N2OS. The number of imidazole rings is 1. The summed E-state index contributed by atoms with van der Waals surface area (Å²) in [5, 5.41) is 11.0. The van der Waals surface area contributed by atoms with Gasteiger partial charge in [-0.1, -0.05) is 13.8 Å². The Kier molecular flexibility index (Phi) is 2.77. The molecule has 0 unspecified atom stereocenters. The van der Waals surface area contributed by atoms with E-state index in [0.717, 1.165) is 18.5 Å². The minimum Gasteiger partial charge on any atom is -0.387 e. The van der Waals surface area contributed by atoms with Crippen LogP contribution in [0.4, 0.5) is 0 Å². The third kappa shape index (κ3) is 2.01. The van der Waals surface area contributed by atoms with E-state index in [9.17, 15) is 5.11 Å². The summed E-state index contributed by atoms with van der Waals surface area (Å²) in [6.45, 7) is 4.64. The maximum atomic E-state index is 11.0. The van der Waals surface area contributed by atoms with Crippen LogP contribution in [-0.2, 0) is 0 Å². The number of fused-ring (bicyclic) bond motifs is 1. The molecule has 0 bridgehead atoms. The van der Waals surface area contributed by atoms with Gasteiger partial charge in [0.15, 0.2) is 0 Å². The van der Waals surface area contributed by atoms with Gasteiger partial charge < -0.3 is 5.11 Å². The Morgan fingerprint density at radius 1 is 1.40 bits per heavy atom. The lowest BCUT2D eigenvalue weighted by molar-refractivity contribution is 0.0995. The van der Waals surface area contributed by atoms with Crippen molar-refractivity contribution in [1.29, 1.82) is 0 Å². The van der Waals surface area contributed by atoms with Gasteiger partial charge in [0, 0.05) is 4.88 Å². The summed E-state index contributed by atoms with van der Waals surface area (Å²) in [6.07, 6.45) is 9.54. The van der Waals surface area contributed by atoms with Gasteiger partial charge >= 0.3 is 0 Å². The van der Waals surface area contributed by atoms with Crippen LogP contribution >= 0.6 is 11.3 Å². The molecule has 0 aliphatic heterocycles. The highest BCUT2D eigenvalue weighted by molar-refractivity contribution is 7.17. The standard InChI is InChI=1S/C16H22N2OS/c1-16(2)6-5-11(7-16)14(19)13-15(10-3-4-10)20-12-8-17-9-18(12)13/h8-11,14,19H,3-7H2,1-2H3/t11-,14+/m0/s1. The van der Waals surface area contributed by atoms with Gasteiger partial charge in [0.05, 0.1) is 18.0 Å². The number of hydrogen-bond donors (Lipinski definition) is 1. The Morgan fingerprint density at radius 2 is 2.20 bits per heavy atom. The van der Waals surface area contributed by atoms with Gasteiger partial charge in [0.1, 0.15) is 11.2 Å². The number of nitrogens with zero attached hydrogens (tertiary/aromatic N) is 2. The predicted octanol–water partition coefficient (Wildman–Crippen LogP) is 4.13. The Morgan fingerprint density at radius 3 is 2.85 bits per heavy atom. The second-order valence-corrected chi connectivity index (χ2v) is 8.40. The summed E-state index contributed by atoms with van der Waals surface area (Å²) in [4.78, 5) is 6.84. The molecule has 3 nitrogen and oxygen atoms in total. The van der Waals surface area contributed by atoms with Crippen molar-refractivity contribution in [3.63, 3.8) is 0 Å². The van der Waals surface area contributed by atoms with Crippen LogP contribution in [0, 0.1) is 11.3 Å². The molecule has 2 aromatic rings. The third-order valence-electron chi connectivity index (χ3n) is 5.01. The van der Waals surface area contributed by atoms with Crippen LogP contribution in [0.5, 0.6) is 0 Å². The molecule has 2 aliphatic carbocycles. The van der Waals surface area contributed by atoms with E-state index in [4.69, 9.17) is 0 Å². The molecule has 2 fully saturated rings. The molecule has 20 heavy (non-hydrogen) atoms. The predicted molar refractivity (Wildman–Crippen MR) is 81.1 cm³/mol. The molecule has 2 atom stereocenters. The van der Waals surface area contributed by atoms with Gasteiger partial charge in [-0.3, -0.25) is 4.40 Å². The number of hydrogen-bond acceptors (Lipinski definition) is 3. The second kappa shape index (κ2) is 4.31. The normalized spacial score (nSPS) is 27.2. The van der Waals surface area contributed by atoms with E-state index >= 15 is 0 Å². The highest BCUT2D eigenvalue weighted by Gasteiger charge is 2.39. The average molecular weight is 290 g/mol. The van der Waals surface area contributed by atoms with E-state index in [1.807, 2.05) is 23.9 Å². The topological polar surface area (TPSA) is 37.5 Å². The largest absolute Gasteiger partial charge is 0.387 e. The van der Waals surface area contributed by atoms with Crippen molar-refractivity contribution in [3.8, 4) is 0 Å². The van der Waals surface area contributed by atoms with E-state index in [1.54, 1.807) is 0 Å². The first-order chi connectivity index (χ1) is 9.55. The van der Waals surface area contributed by atoms with Crippen LogP contribution < -0.4 is 0 Å². The zero-order chi connectivity index (χ0) is 13.9. The summed E-state index contributed by atoms with van der Waals surface area (Å²) in [5.41, 5.74) is 1.53. The fraction of sp³-hybridized carbons (Fsp3) is 0.688. The quantitative estimate of drug-likeness (QED) is 0.922. The van der Waals surface area contributed by atoms with Gasteiger partial charge in [-0.15, -0.1) is 11.3 Å². The van der Waals surface area contributed by atoms with Gasteiger partial charge in [0.2, 0.25) is 0 Å². The molecule has 4 rings (SSSR count). The summed E-state index contributed by atoms with van der Waals surface area (Å²) < 4.78 is 2.13. The third-order valence-corrected chi connectivity index (χ3v) is 6.29. The molecule has 108 valence electrons. The van der Waals surface area contributed by atoms with Crippen molar-refractivity contribution in [2.75, 3.05) is 0 Å². The number of aliphatic hydroxyl groups excluding tert-OH is 1. The molecule has 4 heteroatoms. The molecule has 0 spiro atoms. The monoisotopic (exact) mass is 290 g/mol. The van der Waals surface area contributed by atoms with Crippen LogP contribution in [0.3, 0.4) is 0 Å². The van der Waals surface area contributed by atoms with Crippen LogP contribution in [0.2, 0.25) is 0 Å². The first-order valence-electron chi connectivity index (χ1n) is 7.68. The minimum absolute atomic E-state index is 0.324. The Labute approximate surface area is 123 Å². The van der Waals surface area contributed by atoms with Crippen LogP contribution in [0.1, 0.15) is 68.5 Å².